The second kappa shape index (κ2) is 3.51. The van der Waals surface area contributed by atoms with Crippen LogP contribution in [0.2, 0.25) is 0 Å². The van der Waals surface area contributed by atoms with Gasteiger partial charge in [-0.1, -0.05) is 0 Å². The summed E-state index contributed by atoms with van der Waals surface area (Å²) in [6, 6.07) is 8.57. The summed E-state index contributed by atoms with van der Waals surface area (Å²) in [5, 5.41) is 22.0. The first-order valence-electron chi connectivity index (χ1n) is 4.23. The van der Waals surface area contributed by atoms with Crippen molar-refractivity contribution in [3.63, 3.8) is 0 Å². The molecule has 14 heavy (non-hydrogen) atoms. The maximum atomic E-state index is 9.09. The molecule has 0 bridgehead atoms. The van der Waals surface area contributed by atoms with E-state index in [2.05, 4.69) is 5.10 Å². The fourth-order valence-corrected chi connectivity index (χ4v) is 1.23. The normalized spacial score (nSPS) is 10.4. The molecule has 0 unspecified atom stereocenters. The predicted molar refractivity (Wildman–Crippen MR) is 51.5 cm³/mol. The highest BCUT2D eigenvalue weighted by Crippen LogP contribution is 2.19. The Morgan fingerprint density at radius 1 is 1.14 bits per heavy atom. The van der Waals surface area contributed by atoms with Crippen LogP contribution in [0, 0.1) is 0 Å². The largest absolute Gasteiger partial charge is 0.508 e. The van der Waals surface area contributed by atoms with E-state index in [0.717, 1.165) is 11.3 Å². The molecule has 2 aromatic rings. The molecule has 4 nitrogen and oxygen atoms in total. The van der Waals surface area contributed by atoms with Crippen LogP contribution in [0.5, 0.6) is 5.75 Å². The van der Waals surface area contributed by atoms with Crippen LogP contribution in [-0.4, -0.2) is 20.0 Å². The summed E-state index contributed by atoms with van der Waals surface area (Å²) in [6.07, 6.45) is 1.70. The smallest absolute Gasteiger partial charge is 0.136 e. The van der Waals surface area contributed by atoms with Gasteiger partial charge in [0.25, 0.3) is 0 Å². The molecule has 0 radical (unpaired) electrons. The van der Waals surface area contributed by atoms with Gasteiger partial charge in [-0.2, -0.15) is 5.10 Å². The van der Waals surface area contributed by atoms with Gasteiger partial charge in [0.05, 0.1) is 5.69 Å². The minimum Gasteiger partial charge on any atom is -0.508 e. The maximum absolute atomic E-state index is 9.09. The van der Waals surface area contributed by atoms with Crippen LogP contribution < -0.4 is 0 Å². The number of rotatable bonds is 2. The molecule has 2 N–H and O–H groups in total. The van der Waals surface area contributed by atoms with Gasteiger partial charge in [-0.15, -0.1) is 0 Å². The molecule has 0 aliphatic rings. The van der Waals surface area contributed by atoms with E-state index < -0.39 is 0 Å². The Morgan fingerprint density at radius 3 is 2.43 bits per heavy atom. The summed E-state index contributed by atoms with van der Waals surface area (Å²) in [7, 11) is 0. The monoisotopic (exact) mass is 190 g/mol. The Balaban J connectivity index is 2.34. The Morgan fingerprint density at radius 2 is 1.86 bits per heavy atom. The average molecular weight is 190 g/mol. The van der Waals surface area contributed by atoms with E-state index in [9.17, 15) is 0 Å². The van der Waals surface area contributed by atoms with Crippen LogP contribution in [0.3, 0.4) is 0 Å². The number of benzene rings is 1. The van der Waals surface area contributed by atoms with Crippen LogP contribution in [-0.2, 0) is 6.73 Å². The fraction of sp³-hybridized carbons (Fsp3) is 0.100. The minimum atomic E-state index is -0.127. The molecular weight excluding hydrogens is 180 g/mol. The van der Waals surface area contributed by atoms with Crippen molar-refractivity contribution in [2.75, 3.05) is 0 Å². The summed E-state index contributed by atoms with van der Waals surface area (Å²) in [6.45, 7) is -0.127. The first-order valence-corrected chi connectivity index (χ1v) is 4.23. The number of aliphatic hydroxyl groups is 1. The third kappa shape index (κ3) is 1.60. The lowest BCUT2D eigenvalue weighted by Crippen LogP contribution is -1.96. The Kier molecular flexibility index (Phi) is 2.20. The van der Waals surface area contributed by atoms with Gasteiger partial charge in [-0.05, 0) is 30.3 Å². The molecule has 4 heteroatoms. The van der Waals surface area contributed by atoms with E-state index in [1.54, 1.807) is 30.5 Å². The van der Waals surface area contributed by atoms with Gasteiger partial charge in [-0.25, -0.2) is 4.68 Å². The summed E-state index contributed by atoms with van der Waals surface area (Å²) >= 11 is 0. The highest BCUT2D eigenvalue weighted by atomic mass is 16.3. The number of phenols is 1. The molecule has 1 aromatic heterocycles. The third-order valence-corrected chi connectivity index (χ3v) is 1.95. The Hall–Kier alpha value is -1.81. The van der Waals surface area contributed by atoms with E-state index in [4.69, 9.17) is 10.2 Å². The lowest BCUT2D eigenvalue weighted by molar-refractivity contribution is 0.195. The van der Waals surface area contributed by atoms with E-state index in [-0.39, 0.29) is 12.5 Å². The van der Waals surface area contributed by atoms with Crippen LogP contribution in [0.15, 0.2) is 36.5 Å². The predicted octanol–water partition coefficient (Wildman–Crippen LogP) is 1.21. The molecule has 0 spiro atoms. The fourth-order valence-electron chi connectivity index (χ4n) is 1.23. The first kappa shape index (κ1) is 8.77. The molecule has 0 atom stereocenters. The molecule has 0 amide bonds. The number of hydrogen-bond donors (Lipinski definition) is 2. The quantitative estimate of drug-likeness (QED) is 0.748. The van der Waals surface area contributed by atoms with E-state index in [1.807, 2.05) is 6.07 Å². The number of aromatic hydroxyl groups is 1. The number of aliphatic hydroxyl groups excluding tert-OH is 1. The number of hydrogen-bond acceptors (Lipinski definition) is 3. The van der Waals surface area contributed by atoms with Gasteiger partial charge in [0, 0.05) is 11.8 Å². The van der Waals surface area contributed by atoms with Crippen molar-refractivity contribution >= 4 is 0 Å². The van der Waals surface area contributed by atoms with Gasteiger partial charge >= 0.3 is 0 Å². The molecule has 0 aliphatic heterocycles. The topological polar surface area (TPSA) is 58.3 Å². The van der Waals surface area contributed by atoms with Crippen molar-refractivity contribution in [2.45, 2.75) is 6.73 Å². The molecule has 1 aromatic carbocycles. The number of aromatic nitrogens is 2. The molecule has 0 saturated heterocycles. The molecule has 72 valence electrons. The van der Waals surface area contributed by atoms with Gasteiger partial charge < -0.3 is 10.2 Å². The van der Waals surface area contributed by atoms with Crippen molar-refractivity contribution in [3.8, 4) is 17.0 Å². The van der Waals surface area contributed by atoms with Gasteiger partial charge in [-0.3, -0.25) is 0 Å². The van der Waals surface area contributed by atoms with Gasteiger partial charge in [0.2, 0.25) is 0 Å². The highest BCUT2D eigenvalue weighted by Gasteiger charge is 2.01. The van der Waals surface area contributed by atoms with Crippen molar-refractivity contribution in [1.82, 2.24) is 9.78 Å². The standard InChI is InChI=1S/C10H10N2O2/c13-7-12-6-5-10(11-12)8-1-3-9(14)4-2-8/h1-6,13-14H,7H2. The zero-order valence-electron chi connectivity index (χ0n) is 7.46. The summed E-state index contributed by atoms with van der Waals surface area (Å²) < 4.78 is 1.43. The van der Waals surface area contributed by atoms with Crippen LogP contribution in [0.25, 0.3) is 11.3 Å². The van der Waals surface area contributed by atoms with Crippen molar-refractivity contribution in [1.29, 1.82) is 0 Å². The van der Waals surface area contributed by atoms with Crippen molar-refractivity contribution in [3.05, 3.63) is 36.5 Å². The van der Waals surface area contributed by atoms with E-state index >= 15 is 0 Å². The summed E-state index contributed by atoms with van der Waals surface area (Å²) in [4.78, 5) is 0. The summed E-state index contributed by atoms with van der Waals surface area (Å²) in [5.74, 6) is 0.232. The number of nitrogens with zero attached hydrogens (tertiary/aromatic N) is 2. The van der Waals surface area contributed by atoms with Gasteiger partial charge in [0.15, 0.2) is 0 Å². The second-order valence-electron chi connectivity index (χ2n) is 2.93. The highest BCUT2D eigenvalue weighted by molar-refractivity contribution is 5.59. The first-order chi connectivity index (χ1) is 6.79. The molecule has 2 rings (SSSR count). The lowest BCUT2D eigenvalue weighted by Gasteiger charge is -1.96. The molecule has 0 fully saturated rings. The average Bonchev–Trinajstić information content (AvgIpc) is 2.67. The van der Waals surface area contributed by atoms with Crippen molar-refractivity contribution < 1.29 is 10.2 Å². The molecule has 0 saturated carbocycles. The minimum absolute atomic E-state index is 0.127. The van der Waals surface area contributed by atoms with Crippen LogP contribution in [0.1, 0.15) is 0 Å². The zero-order chi connectivity index (χ0) is 9.97. The number of phenolic OH excluding ortho intramolecular Hbond substituents is 1. The lowest BCUT2D eigenvalue weighted by atomic mass is 10.1. The second-order valence-corrected chi connectivity index (χ2v) is 2.93. The molecular formula is C10H10N2O2. The Labute approximate surface area is 81.0 Å². The van der Waals surface area contributed by atoms with Gasteiger partial charge in [0.1, 0.15) is 12.5 Å². The third-order valence-electron chi connectivity index (χ3n) is 1.95. The van der Waals surface area contributed by atoms with E-state index in [0.29, 0.717) is 0 Å². The molecule has 0 aliphatic carbocycles. The zero-order valence-corrected chi connectivity index (χ0v) is 7.46. The SMILES string of the molecule is OCn1ccc(-c2ccc(O)cc2)n1. The maximum Gasteiger partial charge on any atom is 0.136 e. The van der Waals surface area contributed by atoms with Crippen molar-refractivity contribution in [2.24, 2.45) is 0 Å². The summed E-state index contributed by atoms with van der Waals surface area (Å²) in [5.41, 5.74) is 1.69. The van der Waals surface area contributed by atoms with E-state index in [1.165, 1.54) is 4.68 Å². The van der Waals surface area contributed by atoms with Crippen LogP contribution >= 0.6 is 0 Å². The Bertz CT molecular complexity index is 420. The van der Waals surface area contributed by atoms with Crippen LogP contribution in [0.4, 0.5) is 0 Å². The molecule has 1 heterocycles.